The molecule has 2 aromatic rings. The van der Waals surface area contributed by atoms with E-state index in [9.17, 15) is 9.59 Å². The van der Waals surface area contributed by atoms with Crippen LogP contribution in [0.1, 0.15) is 26.7 Å². The lowest BCUT2D eigenvalue weighted by atomic mass is 10.2. The normalized spacial score (nSPS) is 12.3. The van der Waals surface area contributed by atoms with E-state index in [1.165, 1.54) is 6.07 Å². The molecule has 0 unspecified atom stereocenters. The third-order valence-electron chi connectivity index (χ3n) is 3.38. The van der Waals surface area contributed by atoms with Crippen molar-refractivity contribution in [2.75, 3.05) is 0 Å². The fourth-order valence-electron chi connectivity index (χ4n) is 2.40. The molecule has 0 spiro atoms. The number of nitrogens with one attached hydrogen (secondary N) is 1. The summed E-state index contributed by atoms with van der Waals surface area (Å²) in [5.74, 6) is -0.0409. The second-order valence-corrected chi connectivity index (χ2v) is 6.14. The molecular weight excluding hydrogens is 332 g/mol. The van der Waals surface area contributed by atoms with Gasteiger partial charge in [0.05, 0.1) is 5.52 Å². The standard InChI is InChI=1S/C16H19BrN2O2/c1-3-4-11(2)18-16(21)10-19-8-7-15(20)13-6-5-12(17)9-14(13)19/h5-9,11H,3-4,10H2,1-2H3,(H,18,21)/t11-/m1/s1. The molecule has 1 amide bonds. The van der Waals surface area contributed by atoms with Crippen LogP contribution >= 0.6 is 15.9 Å². The van der Waals surface area contributed by atoms with Crippen molar-refractivity contribution in [2.45, 2.75) is 39.3 Å². The van der Waals surface area contributed by atoms with E-state index in [0.717, 1.165) is 22.8 Å². The summed E-state index contributed by atoms with van der Waals surface area (Å²) < 4.78 is 2.68. The Labute approximate surface area is 132 Å². The first-order valence-electron chi connectivity index (χ1n) is 7.09. The monoisotopic (exact) mass is 350 g/mol. The fraction of sp³-hybridized carbons (Fsp3) is 0.375. The molecule has 0 aliphatic rings. The Morgan fingerprint density at radius 3 is 2.86 bits per heavy atom. The van der Waals surface area contributed by atoms with Gasteiger partial charge in [-0.1, -0.05) is 29.3 Å². The molecular formula is C16H19BrN2O2. The smallest absolute Gasteiger partial charge is 0.240 e. The van der Waals surface area contributed by atoms with Gasteiger partial charge in [-0.15, -0.1) is 0 Å². The highest BCUT2D eigenvalue weighted by Crippen LogP contribution is 2.17. The molecule has 2 rings (SSSR count). The molecule has 0 fully saturated rings. The molecule has 0 saturated carbocycles. The molecule has 0 aliphatic carbocycles. The van der Waals surface area contributed by atoms with Crippen LogP contribution in [0.3, 0.4) is 0 Å². The van der Waals surface area contributed by atoms with Crippen LogP contribution in [0.15, 0.2) is 39.7 Å². The number of carbonyl (C=O) groups excluding carboxylic acids is 1. The van der Waals surface area contributed by atoms with Gasteiger partial charge in [0.1, 0.15) is 6.54 Å². The summed E-state index contributed by atoms with van der Waals surface area (Å²) in [6.07, 6.45) is 3.67. The molecule has 0 aliphatic heterocycles. The first-order chi connectivity index (χ1) is 10.0. The van der Waals surface area contributed by atoms with Crippen LogP contribution in [0.2, 0.25) is 0 Å². The molecule has 5 heteroatoms. The molecule has 1 aromatic heterocycles. The Balaban J connectivity index is 2.26. The number of pyridine rings is 1. The van der Waals surface area contributed by atoms with Crippen molar-refractivity contribution in [3.63, 3.8) is 0 Å². The summed E-state index contributed by atoms with van der Waals surface area (Å²) >= 11 is 3.40. The van der Waals surface area contributed by atoms with Crippen LogP contribution in [0.4, 0.5) is 0 Å². The molecule has 1 heterocycles. The highest BCUT2D eigenvalue weighted by molar-refractivity contribution is 9.10. The Morgan fingerprint density at radius 1 is 1.38 bits per heavy atom. The number of nitrogens with zero attached hydrogens (tertiary/aromatic N) is 1. The molecule has 0 bridgehead atoms. The zero-order chi connectivity index (χ0) is 15.4. The van der Waals surface area contributed by atoms with Crippen LogP contribution in [-0.2, 0) is 11.3 Å². The van der Waals surface area contributed by atoms with Gasteiger partial charge in [-0.3, -0.25) is 9.59 Å². The van der Waals surface area contributed by atoms with Crippen molar-refractivity contribution < 1.29 is 4.79 Å². The Morgan fingerprint density at radius 2 is 2.14 bits per heavy atom. The van der Waals surface area contributed by atoms with Crippen LogP contribution < -0.4 is 10.7 Å². The minimum Gasteiger partial charge on any atom is -0.352 e. The van der Waals surface area contributed by atoms with Crippen molar-refractivity contribution in [3.05, 3.63) is 45.2 Å². The van der Waals surface area contributed by atoms with Gasteiger partial charge < -0.3 is 9.88 Å². The van der Waals surface area contributed by atoms with Crippen molar-refractivity contribution in [1.29, 1.82) is 0 Å². The van der Waals surface area contributed by atoms with Crippen LogP contribution in [0, 0.1) is 0 Å². The SMILES string of the molecule is CCC[C@@H](C)NC(=O)Cn1ccc(=O)c2ccc(Br)cc21. The number of carbonyl (C=O) groups is 1. The lowest BCUT2D eigenvalue weighted by molar-refractivity contribution is -0.122. The van der Waals surface area contributed by atoms with Gasteiger partial charge in [-0.05, 0) is 31.5 Å². The van der Waals surface area contributed by atoms with Gasteiger partial charge in [-0.25, -0.2) is 0 Å². The zero-order valence-corrected chi connectivity index (χ0v) is 13.8. The van der Waals surface area contributed by atoms with E-state index < -0.39 is 0 Å². The van der Waals surface area contributed by atoms with Gasteiger partial charge in [0, 0.05) is 28.2 Å². The van der Waals surface area contributed by atoms with E-state index in [0.29, 0.717) is 5.39 Å². The van der Waals surface area contributed by atoms with E-state index >= 15 is 0 Å². The maximum absolute atomic E-state index is 12.1. The molecule has 1 aromatic carbocycles. The summed E-state index contributed by atoms with van der Waals surface area (Å²) in [4.78, 5) is 24.0. The molecule has 4 nitrogen and oxygen atoms in total. The number of amides is 1. The van der Waals surface area contributed by atoms with E-state index in [-0.39, 0.29) is 23.9 Å². The van der Waals surface area contributed by atoms with Crippen LogP contribution in [-0.4, -0.2) is 16.5 Å². The number of hydrogen-bond donors (Lipinski definition) is 1. The molecule has 112 valence electrons. The van der Waals surface area contributed by atoms with Crippen molar-refractivity contribution in [3.8, 4) is 0 Å². The average molecular weight is 351 g/mol. The predicted octanol–water partition coefficient (Wildman–Crippen LogP) is 3.07. The Kier molecular flexibility index (Phi) is 5.17. The van der Waals surface area contributed by atoms with E-state index in [4.69, 9.17) is 0 Å². The van der Waals surface area contributed by atoms with Crippen molar-refractivity contribution in [2.24, 2.45) is 0 Å². The van der Waals surface area contributed by atoms with Gasteiger partial charge >= 0.3 is 0 Å². The molecule has 0 radical (unpaired) electrons. The highest BCUT2D eigenvalue weighted by Gasteiger charge is 2.09. The zero-order valence-electron chi connectivity index (χ0n) is 12.2. The van der Waals surface area contributed by atoms with Crippen molar-refractivity contribution >= 4 is 32.7 Å². The number of hydrogen-bond acceptors (Lipinski definition) is 2. The number of fused-ring (bicyclic) bond motifs is 1. The number of benzene rings is 1. The lowest BCUT2D eigenvalue weighted by Gasteiger charge is -2.15. The Bertz CT molecular complexity index is 709. The summed E-state index contributed by atoms with van der Waals surface area (Å²) in [6, 6.07) is 7.13. The Hall–Kier alpha value is -1.62. The number of aromatic nitrogens is 1. The quantitative estimate of drug-likeness (QED) is 0.900. The van der Waals surface area contributed by atoms with Crippen LogP contribution in [0.25, 0.3) is 10.9 Å². The summed E-state index contributed by atoms with van der Waals surface area (Å²) in [6.45, 7) is 4.30. The highest BCUT2D eigenvalue weighted by atomic mass is 79.9. The molecule has 21 heavy (non-hydrogen) atoms. The lowest BCUT2D eigenvalue weighted by Crippen LogP contribution is -2.35. The van der Waals surface area contributed by atoms with Gasteiger partial charge in [-0.2, -0.15) is 0 Å². The summed E-state index contributed by atoms with van der Waals surface area (Å²) in [7, 11) is 0. The van der Waals surface area contributed by atoms with E-state index in [1.807, 2.05) is 19.1 Å². The molecule has 1 atom stereocenters. The molecule has 1 N–H and O–H groups in total. The third kappa shape index (κ3) is 3.94. The number of rotatable bonds is 5. The topological polar surface area (TPSA) is 51.1 Å². The first kappa shape index (κ1) is 15.8. The maximum atomic E-state index is 12.1. The van der Waals surface area contributed by atoms with Gasteiger partial charge in [0.25, 0.3) is 0 Å². The van der Waals surface area contributed by atoms with E-state index in [1.54, 1.807) is 16.8 Å². The summed E-state index contributed by atoms with van der Waals surface area (Å²) in [5, 5.41) is 3.59. The van der Waals surface area contributed by atoms with Crippen molar-refractivity contribution in [1.82, 2.24) is 9.88 Å². The predicted molar refractivity (Wildman–Crippen MR) is 88.4 cm³/mol. The fourth-order valence-corrected chi connectivity index (χ4v) is 2.75. The van der Waals surface area contributed by atoms with Gasteiger partial charge in [0.15, 0.2) is 5.43 Å². The number of halogens is 1. The third-order valence-corrected chi connectivity index (χ3v) is 3.88. The average Bonchev–Trinajstić information content (AvgIpc) is 2.42. The first-order valence-corrected chi connectivity index (χ1v) is 7.88. The largest absolute Gasteiger partial charge is 0.352 e. The second-order valence-electron chi connectivity index (χ2n) is 5.23. The maximum Gasteiger partial charge on any atom is 0.240 e. The second kappa shape index (κ2) is 6.89. The molecule has 0 saturated heterocycles. The minimum atomic E-state index is -0.0409. The van der Waals surface area contributed by atoms with Crippen LogP contribution in [0.5, 0.6) is 0 Å². The van der Waals surface area contributed by atoms with E-state index in [2.05, 4.69) is 28.2 Å². The van der Waals surface area contributed by atoms with Gasteiger partial charge in [0.2, 0.25) is 5.91 Å². The minimum absolute atomic E-state index is 0.0338. The summed E-state index contributed by atoms with van der Waals surface area (Å²) in [5.41, 5.74) is 0.726.